The number of nitrogens with zero attached hydrogens (tertiary/aromatic N) is 2. The minimum absolute atomic E-state index is 0.135. The summed E-state index contributed by atoms with van der Waals surface area (Å²) in [5, 5.41) is 0. The van der Waals surface area contributed by atoms with Crippen molar-refractivity contribution in [3.63, 3.8) is 0 Å². The Labute approximate surface area is 141 Å². The number of amides is 2. The monoisotopic (exact) mass is 330 g/mol. The van der Waals surface area contributed by atoms with Crippen LogP contribution in [-0.2, 0) is 9.47 Å². The molecular formula is C17H34N2O4. The van der Waals surface area contributed by atoms with Crippen LogP contribution in [0.15, 0.2) is 0 Å². The zero-order valence-electron chi connectivity index (χ0n) is 15.7. The van der Waals surface area contributed by atoms with Crippen LogP contribution in [0.1, 0.15) is 54.4 Å². The maximum atomic E-state index is 11.8. The third-order valence-electron chi connectivity index (χ3n) is 3.85. The molecule has 136 valence electrons. The number of hydrogen-bond acceptors (Lipinski definition) is 4. The maximum Gasteiger partial charge on any atom is 0.409 e. The van der Waals surface area contributed by atoms with Crippen molar-refractivity contribution in [1.29, 1.82) is 0 Å². The number of rotatable bonds is 10. The fourth-order valence-corrected chi connectivity index (χ4v) is 2.19. The van der Waals surface area contributed by atoms with E-state index in [1.807, 2.05) is 27.7 Å². The van der Waals surface area contributed by atoms with E-state index in [0.717, 1.165) is 12.8 Å². The molecule has 2 amide bonds. The summed E-state index contributed by atoms with van der Waals surface area (Å²) in [7, 11) is 0. The SMILES string of the molecule is CCN(CC)C(=O)OCCCC(C)(C)COC(=O)N(CC)CC. The highest BCUT2D eigenvalue weighted by atomic mass is 16.6. The molecule has 0 heterocycles. The predicted molar refractivity (Wildman–Crippen MR) is 91.6 cm³/mol. The average molecular weight is 330 g/mol. The van der Waals surface area contributed by atoms with Gasteiger partial charge in [0.2, 0.25) is 0 Å². The van der Waals surface area contributed by atoms with Gasteiger partial charge in [-0.05, 0) is 46.0 Å². The molecule has 6 nitrogen and oxygen atoms in total. The quantitative estimate of drug-likeness (QED) is 0.572. The first-order chi connectivity index (χ1) is 10.8. The normalized spacial score (nSPS) is 11.0. The zero-order chi connectivity index (χ0) is 17.9. The van der Waals surface area contributed by atoms with Gasteiger partial charge in [0.05, 0.1) is 13.2 Å². The van der Waals surface area contributed by atoms with Gasteiger partial charge >= 0.3 is 12.2 Å². The lowest BCUT2D eigenvalue weighted by Crippen LogP contribution is -2.34. The van der Waals surface area contributed by atoms with Crippen molar-refractivity contribution < 1.29 is 19.1 Å². The Morgan fingerprint density at radius 3 is 1.70 bits per heavy atom. The molecule has 0 atom stereocenters. The molecular weight excluding hydrogens is 296 g/mol. The summed E-state index contributed by atoms with van der Waals surface area (Å²) in [6, 6.07) is 0. The lowest BCUT2D eigenvalue weighted by Gasteiger charge is -2.26. The summed E-state index contributed by atoms with van der Waals surface area (Å²) in [6.07, 6.45) is 1.05. The number of carbonyl (C=O) groups excluding carboxylic acids is 2. The predicted octanol–water partition coefficient (Wildman–Crippen LogP) is 3.75. The van der Waals surface area contributed by atoms with E-state index in [1.54, 1.807) is 9.80 Å². The van der Waals surface area contributed by atoms with Crippen LogP contribution in [0.3, 0.4) is 0 Å². The largest absolute Gasteiger partial charge is 0.449 e. The van der Waals surface area contributed by atoms with Crippen LogP contribution in [0.2, 0.25) is 0 Å². The zero-order valence-corrected chi connectivity index (χ0v) is 15.7. The van der Waals surface area contributed by atoms with E-state index in [0.29, 0.717) is 39.4 Å². The first kappa shape index (κ1) is 21.5. The van der Waals surface area contributed by atoms with E-state index in [4.69, 9.17) is 9.47 Å². The summed E-state index contributed by atoms with van der Waals surface area (Å²) in [4.78, 5) is 26.9. The Hall–Kier alpha value is -1.46. The molecule has 0 aliphatic rings. The van der Waals surface area contributed by atoms with Crippen LogP contribution in [-0.4, -0.2) is 61.4 Å². The fourth-order valence-electron chi connectivity index (χ4n) is 2.19. The van der Waals surface area contributed by atoms with Gasteiger partial charge in [-0.25, -0.2) is 9.59 Å². The van der Waals surface area contributed by atoms with Crippen LogP contribution >= 0.6 is 0 Å². The molecule has 0 aliphatic carbocycles. The molecule has 0 aromatic heterocycles. The minimum atomic E-state index is -0.268. The Morgan fingerprint density at radius 1 is 0.826 bits per heavy atom. The van der Waals surface area contributed by atoms with E-state index in [9.17, 15) is 9.59 Å². The number of carbonyl (C=O) groups is 2. The van der Waals surface area contributed by atoms with E-state index in [1.165, 1.54) is 0 Å². The Bertz CT molecular complexity index is 351. The Balaban J connectivity index is 4.05. The van der Waals surface area contributed by atoms with E-state index < -0.39 is 0 Å². The molecule has 0 fully saturated rings. The van der Waals surface area contributed by atoms with E-state index in [-0.39, 0.29) is 17.6 Å². The van der Waals surface area contributed by atoms with Crippen molar-refractivity contribution in [2.75, 3.05) is 39.4 Å². The van der Waals surface area contributed by atoms with Gasteiger partial charge in [-0.1, -0.05) is 13.8 Å². The van der Waals surface area contributed by atoms with Gasteiger partial charge in [0.15, 0.2) is 0 Å². The second kappa shape index (κ2) is 11.1. The van der Waals surface area contributed by atoms with Gasteiger partial charge in [-0.3, -0.25) is 0 Å². The molecule has 0 aliphatic heterocycles. The molecule has 0 saturated carbocycles. The van der Waals surface area contributed by atoms with Gasteiger partial charge in [0, 0.05) is 26.2 Å². The van der Waals surface area contributed by atoms with Crippen molar-refractivity contribution in [2.24, 2.45) is 5.41 Å². The standard InChI is InChI=1S/C17H34N2O4/c1-7-18(8-2)15(20)22-13-11-12-17(5,6)14-23-16(21)19(9-3)10-4/h7-14H2,1-6H3. The van der Waals surface area contributed by atoms with Crippen LogP contribution in [0.5, 0.6) is 0 Å². The third-order valence-corrected chi connectivity index (χ3v) is 3.85. The third kappa shape index (κ3) is 8.67. The molecule has 0 saturated heterocycles. The minimum Gasteiger partial charge on any atom is -0.449 e. The van der Waals surface area contributed by atoms with Crippen molar-refractivity contribution in [3.8, 4) is 0 Å². The Kier molecular flexibility index (Phi) is 10.4. The van der Waals surface area contributed by atoms with Gasteiger partial charge < -0.3 is 19.3 Å². The number of hydrogen-bond donors (Lipinski definition) is 0. The number of ether oxygens (including phenoxy) is 2. The van der Waals surface area contributed by atoms with Crippen molar-refractivity contribution in [3.05, 3.63) is 0 Å². The molecule has 6 heteroatoms. The highest BCUT2D eigenvalue weighted by molar-refractivity contribution is 5.67. The van der Waals surface area contributed by atoms with Crippen molar-refractivity contribution in [1.82, 2.24) is 9.80 Å². The van der Waals surface area contributed by atoms with Crippen molar-refractivity contribution in [2.45, 2.75) is 54.4 Å². The summed E-state index contributed by atoms with van der Waals surface area (Å²) in [5.41, 5.74) is -0.135. The topological polar surface area (TPSA) is 59.1 Å². The Morgan fingerprint density at radius 2 is 1.26 bits per heavy atom. The summed E-state index contributed by atoms with van der Waals surface area (Å²) < 4.78 is 10.6. The van der Waals surface area contributed by atoms with Gasteiger partial charge in [-0.2, -0.15) is 0 Å². The highest BCUT2D eigenvalue weighted by Gasteiger charge is 2.22. The molecule has 23 heavy (non-hydrogen) atoms. The first-order valence-corrected chi connectivity index (χ1v) is 8.64. The smallest absolute Gasteiger partial charge is 0.409 e. The summed E-state index contributed by atoms with van der Waals surface area (Å²) in [6.45, 7) is 15.2. The van der Waals surface area contributed by atoms with Crippen LogP contribution in [0.4, 0.5) is 9.59 Å². The highest BCUT2D eigenvalue weighted by Crippen LogP contribution is 2.23. The van der Waals surface area contributed by atoms with Crippen LogP contribution < -0.4 is 0 Å². The lowest BCUT2D eigenvalue weighted by atomic mass is 9.89. The molecule has 0 spiro atoms. The first-order valence-electron chi connectivity index (χ1n) is 8.64. The van der Waals surface area contributed by atoms with Gasteiger partial charge in [-0.15, -0.1) is 0 Å². The van der Waals surface area contributed by atoms with Gasteiger partial charge in [0.25, 0.3) is 0 Å². The van der Waals surface area contributed by atoms with Gasteiger partial charge in [0.1, 0.15) is 0 Å². The molecule has 0 unspecified atom stereocenters. The molecule has 0 aromatic carbocycles. The summed E-state index contributed by atoms with van der Waals surface area (Å²) >= 11 is 0. The molecule has 0 rings (SSSR count). The fraction of sp³-hybridized carbons (Fsp3) is 0.882. The lowest BCUT2D eigenvalue weighted by molar-refractivity contribution is 0.0607. The van der Waals surface area contributed by atoms with Crippen LogP contribution in [0.25, 0.3) is 0 Å². The maximum absolute atomic E-state index is 11.8. The second-order valence-corrected chi connectivity index (χ2v) is 6.28. The molecule has 0 N–H and O–H groups in total. The molecule has 0 aromatic rings. The van der Waals surface area contributed by atoms with Crippen molar-refractivity contribution >= 4 is 12.2 Å². The van der Waals surface area contributed by atoms with E-state index in [2.05, 4.69) is 13.8 Å². The second-order valence-electron chi connectivity index (χ2n) is 6.28. The summed E-state index contributed by atoms with van der Waals surface area (Å²) in [5.74, 6) is 0. The molecule has 0 radical (unpaired) electrons. The van der Waals surface area contributed by atoms with Crippen LogP contribution in [0, 0.1) is 5.41 Å². The van der Waals surface area contributed by atoms with E-state index >= 15 is 0 Å². The molecule has 0 bridgehead atoms. The average Bonchev–Trinajstić information content (AvgIpc) is 2.52.